The lowest BCUT2D eigenvalue weighted by molar-refractivity contribution is 0.102. The third-order valence-corrected chi connectivity index (χ3v) is 4.23. The molecular formula is C18H16IN3O2. The molecule has 2 aromatic carbocycles. The van der Waals surface area contributed by atoms with E-state index in [2.05, 4.69) is 32.9 Å². The van der Waals surface area contributed by atoms with Gasteiger partial charge in [0.1, 0.15) is 18.2 Å². The van der Waals surface area contributed by atoms with E-state index < -0.39 is 0 Å². The zero-order valence-electron chi connectivity index (χ0n) is 13.1. The van der Waals surface area contributed by atoms with E-state index in [-0.39, 0.29) is 5.91 Å². The Kier molecular flexibility index (Phi) is 5.14. The Hall–Kier alpha value is -2.35. The van der Waals surface area contributed by atoms with Crippen LogP contribution in [0.15, 0.2) is 60.9 Å². The molecule has 122 valence electrons. The second kappa shape index (κ2) is 7.48. The Labute approximate surface area is 153 Å². The van der Waals surface area contributed by atoms with E-state index in [0.29, 0.717) is 17.9 Å². The second-order valence-electron chi connectivity index (χ2n) is 5.23. The van der Waals surface area contributed by atoms with Gasteiger partial charge in [-0.1, -0.05) is 0 Å². The van der Waals surface area contributed by atoms with Gasteiger partial charge in [0, 0.05) is 34.3 Å². The molecule has 0 unspecified atom stereocenters. The minimum Gasteiger partial charge on any atom is -0.486 e. The summed E-state index contributed by atoms with van der Waals surface area (Å²) >= 11 is 2.23. The maximum absolute atomic E-state index is 12.2. The average molecular weight is 433 g/mol. The Bertz CT molecular complexity index is 826. The highest BCUT2D eigenvalue weighted by atomic mass is 127. The van der Waals surface area contributed by atoms with Gasteiger partial charge in [-0.05, 0) is 71.1 Å². The molecular weight excluding hydrogens is 417 g/mol. The lowest BCUT2D eigenvalue weighted by Crippen LogP contribution is -2.11. The molecule has 0 saturated carbocycles. The SMILES string of the molecule is Cn1ccnc1COc1ccc(C(=O)Nc2ccc(I)cc2)cc1. The number of amides is 1. The van der Waals surface area contributed by atoms with Crippen LogP contribution in [0.25, 0.3) is 0 Å². The smallest absolute Gasteiger partial charge is 0.255 e. The monoisotopic (exact) mass is 433 g/mol. The quantitative estimate of drug-likeness (QED) is 0.622. The maximum Gasteiger partial charge on any atom is 0.255 e. The van der Waals surface area contributed by atoms with E-state index in [1.165, 1.54) is 0 Å². The standard InChI is InChI=1S/C18H16IN3O2/c1-22-11-10-20-17(22)12-24-16-8-2-13(3-9-16)18(23)21-15-6-4-14(19)5-7-15/h2-11H,12H2,1H3,(H,21,23). The minimum absolute atomic E-state index is 0.146. The summed E-state index contributed by atoms with van der Waals surface area (Å²) in [6.07, 6.45) is 3.60. The summed E-state index contributed by atoms with van der Waals surface area (Å²) in [4.78, 5) is 16.4. The van der Waals surface area contributed by atoms with Crippen molar-refractivity contribution >= 4 is 34.2 Å². The lowest BCUT2D eigenvalue weighted by atomic mass is 10.2. The third-order valence-electron chi connectivity index (χ3n) is 3.51. The first-order chi connectivity index (χ1) is 11.6. The summed E-state index contributed by atoms with van der Waals surface area (Å²) in [7, 11) is 1.92. The van der Waals surface area contributed by atoms with Crippen LogP contribution >= 0.6 is 22.6 Å². The van der Waals surface area contributed by atoms with Crippen LogP contribution in [0.4, 0.5) is 5.69 Å². The molecule has 0 aliphatic carbocycles. The highest BCUT2D eigenvalue weighted by Gasteiger charge is 2.07. The molecule has 0 fully saturated rings. The van der Waals surface area contributed by atoms with Crippen molar-refractivity contribution in [1.29, 1.82) is 0 Å². The van der Waals surface area contributed by atoms with E-state index in [9.17, 15) is 4.79 Å². The van der Waals surface area contributed by atoms with Crippen LogP contribution in [0, 0.1) is 3.57 Å². The van der Waals surface area contributed by atoms with Gasteiger partial charge in [0.15, 0.2) is 0 Å². The average Bonchev–Trinajstić information content (AvgIpc) is 3.00. The van der Waals surface area contributed by atoms with Crippen molar-refractivity contribution < 1.29 is 9.53 Å². The molecule has 0 saturated heterocycles. The number of halogens is 1. The van der Waals surface area contributed by atoms with Crippen molar-refractivity contribution in [2.75, 3.05) is 5.32 Å². The number of ether oxygens (including phenoxy) is 1. The topological polar surface area (TPSA) is 56.2 Å². The molecule has 0 spiro atoms. The normalized spacial score (nSPS) is 10.4. The fraction of sp³-hybridized carbons (Fsp3) is 0.111. The number of benzene rings is 2. The highest BCUT2D eigenvalue weighted by molar-refractivity contribution is 14.1. The van der Waals surface area contributed by atoms with Gasteiger partial charge in [-0.2, -0.15) is 0 Å². The van der Waals surface area contributed by atoms with Crippen molar-refractivity contribution in [2.45, 2.75) is 6.61 Å². The van der Waals surface area contributed by atoms with E-state index in [1.54, 1.807) is 30.5 Å². The molecule has 1 N–H and O–H groups in total. The number of aromatic nitrogens is 2. The molecule has 0 aliphatic rings. The number of nitrogens with zero attached hydrogens (tertiary/aromatic N) is 2. The summed E-state index contributed by atoms with van der Waals surface area (Å²) in [5, 5.41) is 2.87. The van der Waals surface area contributed by atoms with Crippen molar-refractivity contribution in [1.82, 2.24) is 9.55 Å². The van der Waals surface area contributed by atoms with Gasteiger partial charge in [-0.15, -0.1) is 0 Å². The molecule has 5 nitrogen and oxygen atoms in total. The summed E-state index contributed by atoms with van der Waals surface area (Å²) in [5.74, 6) is 1.39. The van der Waals surface area contributed by atoms with Crippen molar-refractivity contribution in [2.24, 2.45) is 7.05 Å². The second-order valence-corrected chi connectivity index (χ2v) is 6.47. The number of carbonyl (C=O) groups excluding carboxylic acids is 1. The van der Waals surface area contributed by atoms with Gasteiger partial charge in [0.25, 0.3) is 5.91 Å². The summed E-state index contributed by atoms with van der Waals surface area (Å²) in [6.45, 7) is 0.387. The van der Waals surface area contributed by atoms with Crippen molar-refractivity contribution in [3.8, 4) is 5.75 Å². The molecule has 0 bridgehead atoms. The third kappa shape index (κ3) is 4.14. The van der Waals surface area contributed by atoms with Crippen LogP contribution in [-0.4, -0.2) is 15.5 Å². The van der Waals surface area contributed by atoms with E-state index in [1.807, 2.05) is 42.1 Å². The fourth-order valence-corrected chi connectivity index (χ4v) is 2.48. The number of anilines is 1. The van der Waals surface area contributed by atoms with Gasteiger partial charge in [0.05, 0.1) is 0 Å². The summed E-state index contributed by atoms with van der Waals surface area (Å²) in [5.41, 5.74) is 1.36. The molecule has 3 rings (SSSR count). The zero-order chi connectivity index (χ0) is 16.9. The Morgan fingerprint density at radius 3 is 2.50 bits per heavy atom. The minimum atomic E-state index is -0.146. The van der Waals surface area contributed by atoms with Crippen molar-refractivity contribution in [3.05, 3.63) is 75.9 Å². The van der Waals surface area contributed by atoms with E-state index >= 15 is 0 Å². The maximum atomic E-state index is 12.2. The predicted octanol–water partition coefficient (Wildman–Crippen LogP) is 3.86. The van der Waals surface area contributed by atoms with E-state index in [4.69, 9.17) is 4.74 Å². The molecule has 6 heteroatoms. The lowest BCUT2D eigenvalue weighted by Gasteiger charge is -2.08. The van der Waals surface area contributed by atoms with Crippen LogP contribution in [0.3, 0.4) is 0 Å². The first kappa shape index (κ1) is 16.5. The number of hydrogen-bond donors (Lipinski definition) is 1. The number of hydrogen-bond acceptors (Lipinski definition) is 3. The molecule has 0 radical (unpaired) electrons. The van der Waals surface area contributed by atoms with E-state index in [0.717, 1.165) is 15.1 Å². The molecule has 1 amide bonds. The highest BCUT2D eigenvalue weighted by Crippen LogP contribution is 2.16. The van der Waals surface area contributed by atoms with Crippen LogP contribution in [0.2, 0.25) is 0 Å². The van der Waals surface area contributed by atoms with Crippen molar-refractivity contribution in [3.63, 3.8) is 0 Å². The molecule has 0 aliphatic heterocycles. The Balaban J connectivity index is 1.60. The fourth-order valence-electron chi connectivity index (χ4n) is 2.12. The largest absolute Gasteiger partial charge is 0.486 e. The molecule has 1 heterocycles. The summed E-state index contributed by atoms with van der Waals surface area (Å²) < 4.78 is 8.71. The van der Waals surface area contributed by atoms with Gasteiger partial charge >= 0.3 is 0 Å². The number of rotatable bonds is 5. The number of aryl methyl sites for hydroxylation is 1. The summed E-state index contributed by atoms with van der Waals surface area (Å²) in [6, 6.07) is 14.7. The first-order valence-electron chi connectivity index (χ1n) is 7.38. The predicted molar refractivity (Wildman–Crippen MR) is 101 cm³/mol. The molecule has 3 aromatic rings. The van der Waals surface area contributed by atoms with Gasteiger partial charge in [-0.3, -0.25) is 4.79 Å². The Morgan fingerprint density at radius 2 is 1.88 bits per heavy atom. The number of carbonyl (C=O) groups is 1. The zero-order valence-corrected chi connectivity index (χ0v) is 15.2. The molecule has 24 heavy (non-hydrogen) atoms. The van der Waals surface area contributed by atoms with Crippen LogP contribution in [0.1, 0.15) is 16.2 Å². The van der Waals surface area contributed by atoms with Crippen LogP contribution in [-0.2, 0) is 13.7 Å². The number of imidazole rings is 1. The van der Waals surface area contributed by atoms with Gasteiger partial charge < -0.3 is 14.6 Å². The molecule has 0 atom stereocenters. The molecule has 1 aromatic heterocycles. The van der Waals surface area contributed by atoms with Gasteiger partial charge in [-0.25, -0.2) is 4.98 Å². The first-order valence-corrected chi connectivity index (χ1v) is 8.46. The van der Waals surface area contributed by atoms with Crippen LogP contribution in [0.5, 0.6) is 5.75 Å². The Morgan fingerprint density at radius 1 is 1.17 bits per heavy atom. The van der Waals surface area contributed by atoms with Crippen LogP contribution < -0.4 is 10.1 Å². The van der Waals surface area contributed by atoms with Gasteiger partial charge in [0.2, 0.25) is 0 Å². The number of nitrogens with one attached hydrogen (secondary N) is 1.